The van der Waals surface area contributed by atoms with Crippen molar-refractivity contribution >= 4 is 32.4 Å². The normalized spacial score (nSPS) is 17.1. The molecule has 0 aliphatic heterocycles. The van der Waals surface area contributed by atoms with Crippen LogP contribution in [0.5, 0.6) is 0 Å². The molecule has 0 aromatic rings. The van der Waals surface area contributed by atoms with Gasteiger partial charge in [0.15, 0.2) is 0 Å². The Kier molecular flexibility index (Phi) is 8.57. The van der Waals surface area contributed by atoms with E-state index in [2.05, 4.69) is 24.8 Å². The van der Waals surface area contributed by atoms with Gasteiger partial charge in [0, 0.05) is 28.1 Å². The number of rotatable bonds is 8. The Hall–Kier alpha value is -0.190. The molecule has 0 amide bonds. The van der Waals surface area contributed by atoms with E-state index in [4.69, 9.17) is 0 Å². The fourth-order valence-electron chi connectivity index (χ4n) is 1.33. The molecular weight excluding hydrogens is 268 g/mol. The van der Waals surface area contributed by atoms with Gasteiger partial charge in [-0.1, -0.05) is 52.0 Å². The first-order chi connectivity index (χ1) is 8.33. The smallest absolute Gasteiger partial charge is 0.0485 e. The molecule has 1 rings (SSSR count). The van der Waals surface area contributed by atoms with Gasteiger partial charge in [-0.3, -0.25) is 4.21 Å². The van der Waals surface area contributed by atoms with Crippen LogP contribution in [0.15, 0.2) is 47.9 Å². The van der Waals surface area contributed by atoms with Crippen LogP contribution in [0.25, 0.3) is 0 Å². The topological polar surface area (TPSA) is 17.1 Å². The zero-order chi connectivity index (χ0) is 12.3. The Balaban J connectivity index is 2.14. The SMILES string of the molecule is C=CCSS/C=C/CS(=O)CC1=CCCC=C1. The molecular formula is C13H18OS3. The third kappa shape index (κ3) is 7.68. The average Bonchev–Trinajstić information content (AvgIpc) is 2.35. The summed E-state index contributed by atoms with van der Waals surface area (Å²) in [5.41, 5.74) is 1.22. The minimum atomic E-state index is -0.774. The molecule has 1 aliphatic carbocycles. The van der Waals surface area contributed by atoms with Crippen LogP contribution in [0.3, 0.4) is 0 Å². The van der Waals surface area contributed by atoms with Crippen molar-refractivity contribution in [2.75, 3.05) is 17.3 Å². The summed E-state index contributed by atoms with van der Waals surface area (Å²) in [6.07, 6.45) is 12.5. The maximum Gasteiger partial charge on any atom is 0.0485 e. The highest BCUT2D eigenvalue weighted by Gasteiger charge is 2.02. The summed E-state index contributed by atoms with van der Waals surface area (Å²) < 4.78 is 11.8. The van der Waals surface area contributed by atoms with Crippen molar-refractivity contribution in [1.29, 1.82) is 0 Å². The third-order valence-electron chi connectivity index (χ3n) is 2.09. The molecule has 0 N–H and O–H groups in total. The molecule has 1 unspecified atom stereocenters. The lowest BCUT2D eigenvalue weighted by Crippen LogP contribution is -2.03. The van der Waals surface area contributed by atoms with E-state index >= 15 is 0 Å². The Morgan fingerprint density at radius 1 is 1.47 bits per heavy atom. The largest absolute Gasteiger partial charge is 0.259 e. The van der Waals surface area contributed by atoms with Crippen LogP contribution < -0.4 is 0 Å². The van der Waals surface area contributed by atoms with Crippen LogP contribution in [-0.4, -0.2) is 21.5 Å². The van der Waals surface area contributed by atoms with E-state index in [1.165, 1.54) is 5.57 Å². The Bertz CT molecular complexity index is 343. The summed E-state index contributed by atoms with van der Waals surface area (Å²) in [4.78, 5) is 0. The molecule has 0 fully saturated rings. The molecule has 0 radical (unpaired) electrons. The predicted molar refractivity (Wildman–Crippen MR) is 83.7 cm³/mol. The van der Waals surface area contributed by atoms with E-state index in [-0.39, 0.29) is 0 Å². The Labute approximate surface area is 114 Å². The maximum atomic E-state index is 11.8. The molecule has 0 saturated heterocycles. The summed E-state index contributed by atoms with van der Waals surface area (Å²) in [5, 5.41) is 2.01. The van der Waals surface area contributed by atoms with Crippen LogP contribution in [-0.2, 0) is 10.8 Å². The van der Waals surface area contributed by atoms with Gasteiger partial charge in [-0.05, 0) is 23.8 Å². The summed E-state index contributed by atoms with van der Waals surface area (Å²) in [6, 6.07) is 0. The lowest BCUT2D eigenvalue weighted by Gasteiger charge is -2.05. The van der Waals surface area contributed by atoms with Crippen LogP contribution in [0.2, 0.25) is 0 Å². The first-order valence-electron chi connectivity index (χ1n) is 5.57. The summed E-state index contributed by atoms with van der Waals surface area (Å²) in [7, 11) is 2.62. The monoisotopic (exact) mass is 286 g/mol. The van der Waals surface area contributed by atoms with Crippen molar-refractivity contribution in [3.8, 4) is 0 Å². The Morgan fingerprint density at radius 2 is 2.35 bits per heavy atom. The molecule has 0 aromatic carbocycles. The second-order valence-electron chi connectivity index (χ2n) is 3.55. The summed E-state index contributed by atoms with van der Waals surface area (Å²) in [5.74, 6) is 2.27. The van der Waals surface area contributed by atoms with E-state index in [1.807, 2.05) is 17.6 Å². The van der Waals surface area contributed by atoms with Gasteiger partial charge in [0.2, 0.25) is 0 Å². The second-order valence-corrected chi connectivity index (χ2v) is 7.37. The van der Waals surface area contributed by atoms with Crippen molar-refractivity contribution in [3.63, 3.8) is 0 Å². The van der Waals surface area contributed by atoms with Crippen molar-refractivity contribution in [2.24, 2.45) is 0 Å². The fraction of sp³-hybridized carbons (Fsp3) is 0.385. The average molecular weight is 286 g/mol. The molecule has 1 atom stereocenters. The number of hydrogen-bond donors (Lipinski definition) is 0. The minimum Gasteiger partial charge on any atom is -0.259 e. The molecule has 1 nitrogen and oxygen atoms in total. The van der Waals surface area contributed by atoms with Gasteiger partial charge < -0.3 is 0 Å². The number of hydrogen-bond acceptors (Lipinski definition) is 3. The van der Waals surface area contributed by atoms with E-state index in [9.17, 15) is 4.21 Å². The molecule has 94 valence electrons. The molecule has 0 bridgehead atoms. The van der Waals surface area contributed by atoms with Gasteiger partial charge in [-0.2, -0.15) is 0 Å². The van der Waals surface area contributed by atoms with Gasteiger partial charge in [0.25, 0.3) is 0 Å². The van der Waals surface area contributed by atoms with Crippen molar-refractivity contribution in [2.45, 2.75) is 12.8 Å². The molecule has 0 saturated carbocycles. The van der Waals surface area contributed by atoms with Crippen LogP contribution in [0, 0.1) is 0 Å². The molecule has 4 heteroatoms. The zero-order valence-corrected chi connectivity index (χ0v) is 12.3. The fourth-order valence-corrected chi connectivity index (χ4v) is 3.89. The van der Waals surface area contributed by atoms with E-state index in [1.54, 1.807) is 21.6 Å². The first-order valence-corrected chi connectivity index (χ1v) is 9.44. The quantitative estimate of drug-likeness (QED) is 0.380. The van der Waals surface area contributed by atoms with Crippen LogP contribution >= 0.6 is 21.6 Å². The maximum absolute atomic E-state index is 11.8. The van der Waals surface area contributed by atoms with Crippen LogP contribution in [0.4, 0.5) is 0 Å². The van der Waals surface area contributed by atoms with E-state index < -0.39 is 10.8 Å². The standard InChI is InChI=1S/C13H18OS3/c1-2-9-15-16-10-6-11-17(14)12-13-7-4-3-5-8-13/h2,4,6-8,10H,1,3,5,9,11-12H2/b10-6+. The third-order valence-corrected chi connectivity index (χ3v) is 5.27. The van der Waals surface area contributed by atoms with Gasteiger partial charge in [-0.25, -0.2) is 0 Å². The van der Waals surface area contributed by atoms with E-state index in [0.717, 1.165) is 18.6 Å². The van der Waals surface area contributed by atoms with Crippen LogP contribution in [0.1, 0.15) is 12.8 Å². The number of allylic oxidation sites excluding steroid dienone is 3. The van der Waals surface area contributed by atoms with Gasteiger partial charge >= 0.3 is 0 Å². The first kappa shape index (κ1) is 14.9. The van der Waals surface area contributed by atoms with E-state index in [0.29, 0.717) is 11.5 Å². The van der Waals surface area contributed by atoms with Gasteiger partial charge in [-0.15, -0.1) is 6.58 Å². The highest BCUT2D eigenvalue weighted by atomic mass is 33.1. The highest BCUT2D eigenvalue weighted by molar-refractivity contribution is 8.77. The minimum absolute atomic E-state index is 0.646. The molecule has 1 aliphatic rings. The Morgan fingerprint density at radius 3 is 3.06 bits per heavy atom. The van der Waals surface area contributed by atoms with Gasteiger partial charge in [0.1, 0.15) is 0 Å². The lowest BCUT2D eigenvalue weighted by molar-refractivity contribution is 0.686. The van der Waals surface area contributed by atoms with Crippen molar-refractivity contribution in [3.05, 3.63) is 47.9 Å². The molecule has 0 spiro atoms. The summed E-state index contributed by atoms with van der Waals surface area (Å²) >= 11 is 0. The molecule has 0 heterocycles. The highest BCUT2D eigenvalue weighted by Crippen LogP contribution is 2.21. The summed E-state index contributed by atoms with van der Waals surface area (Å²) in [6.45, 7) is 3.65. The molecule has 17 heavy (non-hydrogen) atoms. The molecule has 0 aromatic heterocycles. The lowest BCUT2D eigenvalue weighted by atomic mass is 10.1. The zero-order valence-electron chi connectivity index (χ0n) is 9.84. The van der Waals surface area contributed by atoms with Crippen molar-refractivity contribution < 1.29 is 4.21 Å². The second kappa shape index (κ2) is 9.80. The van der Waals surface area contributed by atoms with Crippen molar-refractivity contribution in [1.82, 2.24) is 0 Å². The van der Waals surface area contributed by atoms with Gasteiger partial charge in [0.05, 0.1) is 0 Å². The predicted octanol–water partition coefficient (Wildman–Crippen LogP) is 4.09.